The Bertz CT molecular complexity index is 790. The summed E-state index contributed by atoms with van der Waals surface area (Å²) >= 11 is 3.40. The van der Waals surface area contributed by atoms with Gasteiger partial charge in [-0.2, -0.15) is 0 Å². The molecule has 21 heavy (non-hydrogen) atoms. The second-order valence-corrected chi connectivity index (χ2v) is 6.87. The second kappa shape index (κ2) is 4.59. The van der Waals surface area contributed by atoms with Gasteiger partial charge in [-0.25, -0.2) is 0 Å². The summed E-state index contributed by atoms with van der Waals surface area (Å²) in [6.45, 7) is 3.90. The fraction of sp³-hybridized carbons (Fsp3) is 0.333. The fourth-order valence-corrected chi connectivity index (χ4v) is 2.98. The number of ether oxygens (including phenoxy) is 1. The van der Waals surface area contributed by atoms with Crippen LogP contribution in [0.3, 0.4) is 0 Å². The van der Waals surface area contributed by atoms with Gasteiger partial charge in [-0.1, -0.05) is 34.6 Å². The largest absolute Gasteiger partial charge is 0.595 e. The molecular weight excluding hydrogens is 336 g/mol. The Labute approximate surface area is 130 Å². The van der Waals surface area contributed by atoms with Gasteiger partial charge in [-0.15, -0.1) is 4.68 Å². The van der Waals surface area contributed by atoms with E-state index >= 15 is 0 Å². The lowest BCUT2D eigenvalue weighted by molar-refractivity contribution is -0.691. The van der Waals surface area contributed by atoms with Crippen molar-refractivity contribution in [2.24, 2.45) is 12.5 Å². The lowest BCUT2D eigenvalue weighted by Gasteiger charge is -2.24. The third kappa shape index (κ3) is 2.33. The SMILES string of the molecule is Cn1c2cc(Br)ccc2c(C2=CC(C)(C)CC(=O)O2)[n+]1[O-]. The standard InChI is InChI=1S/C15H15BrN2O3/c1-15(2)7-12(21-13(19)8-15)14-10-5-4-9(16)6-11(10)17(3)18(14)20/h4-7H,8H2,1-3H3. The summed E-state index contributed by atoms with van der Waals surface area (Å²) in [7, 11) is 1.68. The number of rotatable bonds is 1. The predicted octanol–water partition coefficient (Wildman–Crippen LogP) is 2.89. The first-order valence-corrected chi connectivity index (χ1v) is 7.39. The molecule has 1 aliphatic rings. The Morgan fingerprint density at radius 3 is 2.81 bits per heavy atom. The van der Waals surface area contributed by atoms with E-state index in [0.29, 0.717) is 17.9 Å². The van der Waals surface area contributed by atoms with Crippen molar-refractivity contribution in [3.8, 4) is 0 Å². The van der Waals surface area contributed by atoms with E-state index in [2.05, 4.69) is 15.9 Å². The van der Waals surface area contributed by atoms with Crippen LogP contribution in [0.1, 0.15) is 26.0 Å². The van der Waals surface area contributed by atoms with Crippen LogP contribution in [0.4, 0.5) is 0 Å². The van der Waals surface area contributed by atoms with Gasteiger partial charge in [-0.05, 0) is 29.7 Å². The van der Waals surface area contributed by atoms with E-state index in [0.717, 1.165) is 20.2 Å². The number of nitrogens with zero attached hydrogens (tertiary/aromatic N) is 2. The topological polar surface area (TPSA) is 58.2 Å². The van der Waals surface area contributed by atoms with Crippen molar-refractivity contribution in [2.75, 3.05) is 0 Å². The molecule has 1 aromatic heterocycles. The van der Waals surface area contributed by atoms with Crippen molar-refractivity contribution in [1.82, 2.24) is 4.68 Å². The summed E-state index contributed by atoms with van der Waals surface area (Å²) in [6.07, 6.45) is 2.16. The van der Waals surface area contributed by atoms with Crippen LogP contribution >= 0.6 is 15.9 Å². The smallest absolute Gasteiger partial charge is 0.312 e. The van der Waals surface area contributed by atoms with Gasteiger partial charge in [0.2, 0.25) is 5.76 Å². The van der Waals surface area contributed by atoms with E-state index in [-0.39, 0.29) is 11.4 Å². The number of carbonyl (C=O) groups is 1. The number of hydrogen-bond donors (Lipinski definition) is 0. The highest BCUT2D eigenvalue weighted by molar-refractivity contribution is 9.10. The summed E-state index contributed by atoms with van der Waals surface area (Å²) < 4.78 is 7.70. The quantitative estimate of drug-likeness (QED) is 0.451. The molecular formula is C15H15BrN2O3. The third-order valence-corrected chi connectivity index (χ3v) is 4.10. The average molecular weight is 351 g/mol. The number of cyclic esters (lactones) is 1. The molecule has 0 saturated carbocycles. The molecule has 0 aliphatic carbocycles. The summed E-state index contributed by atoms with van der Waals surface area (Å²) in [4.78, 5) is 12.5. The van der Waals surface area contributed by atoms with E-state index in [1.807, 2.05) is 38.1 Å². The van der Waals surface area contributed by atoms with E-state index in [1.54, 1.807) is 7.05 Å². The molecule has 1 aliphatic heterocycles. The van der Waals surface area contributed by atoms with Crippen LogP contribution in [0.2, 0.25) is 0 Å². The molecule has 3 rings (SSSR count). The van der Waals surface area contributed by atoms with Crippen molar-refractivity contribution in [3.63, 3.8) is 0 Å². The van der Waals surface area contributed by atoms with E-state index in [1.165, 1.54) is 4.68 Å². The third-order valence-electron chi connectivity index (χ3n) is 3.61. The lowest BCUT2D eigenvalue weighted by atomic mass is 9.86. The Kier molecular flexibility index (Phi) is 3.09. The van der Waals surface area contributed by atoms with Crippen LogP contribution in [0.5, 0.6) is 0 Å². The first kappa shape index (κ1) is 14.1. The minimum Gasteiger partial charge on any atom is -0.595 e. The molecule has 0 saturated heterocycles. The number of aryl methyl sites for hydroxylation is 1. The van der Waals surface area contributed by atoms with Crippen molar-refractivity contribution in [2.45, 2.75) is 20.3 Å². The Morgan fingerprint density at radius 2 is 2.14 bits per heavy atom. The summed E-state index contributed by atoms with van der Waals surface area (Å²) in [5.74, 6) is 0.0192. The van der Waals surface area contributed by atoms with Crippen molar-refractivity contribution >= 4 is 38.6 Å². The number of benzene rings is 1. The number of halogens is 1. The first-order chi connectivity index (χ1) is 9.78. The maximum atomic E-state index is 12.4. The number of allylic oxidation sites excluding steroid dienone is 1. The lowest BCUT2D eigenvalue weighted by Crippen LogP contribution is -2.39. The minimum atomic E-state index is -0.324. The fourth-order valence-electron chi connectivity index (χ4n) is 2.63. The molecule has 2 heterocycles. The molecule has 0 spiro atoms. The van der Waals surface area contributed by atoms with Gasteiger partial charge in [0, 0.05) is 4.47 Å². The van der Waals surface area contributed by atoms with Gasteiger partial charge in [0.05, 0.1) is 18.9 Å². The molecule has 5 nitrogen and oxygen atoms in total. The molecule has 1 aromatic carbocycles. The van der Waals surface area contributed by atoms with Crippen LogP contribution in [0.15, 0.2) is 28.7 Å². The molecule has 0 unspecified atom stereocenters. The second-order valence-electron chi connectivity index (χ2n) is 5.95. The predicted molar refractivity (Wildman–Crippen MR) is 82.0 cm³/mol. The number of esters is 1. The zero-order valence-electron chi connectivity index (χ0n) is 12.0. The first-order valence-electron chi connectivity index (χ1n) is 6.60. The van der Waals surface area contributed by atoms with Crippen LogP contribution in [0.25, 0.3) is 16.7 Å². The van der Waals surface area contributed by atoms with Gasteiger partial charge in [-0.3, -0.25) is 4.79 Å². The monoisotopic (exact) mass is 350 g/mol. The van der Waals surface area contributed by atoms with Crippen LogP contribution < -0.4 is 4.85 Å². The van der Waals surface area contributed by atoms with Crippen molar-refractivity contribution in [3.05, 3.63) is 39.6 Å². The molecule has 0 N–H and O–H groups in total. The van der Waals surface area contributed by atoms with Gasteiger partial charge < -0.3 is 9.94 Å². The van der Waals surface area contributed by atoms with E-state index < -0.39 is 0 Å². The number of aromatic nitrogens is 2. The highest BCUT2D eigenvalue weighted by Crippen LogP contribution is 2.35. The Balaban J connectivity index is 2.28. The maximum Gasteiger partial charge on any atom is 0.312 e. The molecule has 0 atom stereocenters. The van der Waals surface area contributed by atoms with Gasteiger partial charge in [0.25, 0.3) is 5.69 Å². The zero-order valence-corrected chi connectivity index (χ0v) is 13.6. The highest BCUT2D eigenvalue weighted by atomic mass is 79.9. The molecule has 0 radical (unpaired) electrons. The molecule has 110 valence electrons. The van der Waals surface area contributed by atoms with Crippen molar-refractivity contribution < 1.29 is 14.4 Å². The molecule has 0 bridgehead atoms. The van der Waals surface area contributed by atoms with Gasteiger partial charge in [0.1, 0.15) is 5.52 Å². The Hall–Kier alpha value is -1.82. The zero-order chi connectivity index (χ0) is 15.4. The molecule has 0 fully saturated rings. The van der Waals surface area contributed by atoms with Crippen molar-refractivity contribution in [1.29, 1.82) is 0 Å². The van der Waals surface area contributed by atoms with Gasteiger partial charge in [0.15, 0.2) is 0 Å². The number of hydrogen-bond acceptors (Lipinski definition) is 3. The maximum absolute atomic E-state index is 12.4. The number of fused-ring (bicyclic) bond motifs is 1. The molecule has 0 amide bonds. The molecule has 6 heteroatoms. The minimum absolute atomic E-state index is 0.311. The Morgan fingerprint density at radius 1 is 1.43 bits per heavy atom. The highest BCUT2D eigenvalue weighted by Gasteiger charge is 2.34. The van der Waals surface area contributed by atoms with Crippen LogP contribution in [-0.2, 0) is 16.6 Å². The summed E-state index contributed by atoms with van der Waals surface area (Å²) in [5.41, 5.74) is 0.825. The van der Waals surface area contributed by atoms with E-state index in [9.17, 15) is 10.0 Å². The average Bonchev–Trinajstić information content (AvgIpc) is 2.60. The van der Waals surface area contributed by atoms with Gasteiger partial charge >= 0.3 is 5.97 Å². The normalized spacial score (nSPS) is 17.7. The van der Waals surface area contributed by atoms with E-state index in [4.69, 9.17) is 4.74 Å². The number of carbonyl (C=O) groups excluding carboxylic acids is 1. The molecule has 2 aromatic rings. The van der Waals surface area contributed by atoms with Crippen LogP contribution in [0, 0.1) is 10.6 Å². The summed E-state index contributed by atoms with van der Waals surface area (Å²) in [5, 5.41) is 13.2. The van der Waals surface area contributed by atoms with Crippen LogP contribution in [-0.4, -0.2) is 10.7 Å². The summed E-state index contributed by atoms with van der Waals surface area (Å²) in [6, 6.07) is 5.57.